The van der Waals surface area contributed by atoms with E-state index in [1.807, 2.05) is 19.1 Å². The Balaban J connectivity index is 1.70. The fourth-order valence-corrected chi connectivity index (χ4v) is 2.97. The monoisotopic (exact) mass is 436 g/mol. The summed E-state index contributed by atoms with van der Waals surface area (Å²) < 4.78 is 38.6. The van der Waals surface area contributed by atoms with Gasteiger partial charge < -0.3 is 19.5 Å². The highest BCUT2D eigenvalue weighted by Gasteiger charge is 2.11. The van der Waals surface area contributed by atoms with Crippen molar-refractivity contribution in [2.75, 3.05) is 25.1 Å². The molecule has 3 N–H and O–H groups in total. The number of benzene rings is 2. The van der Waals surface area contributed by atoms with Crippen LogP contribution in [-0.4, -0.2) is 40.1 Å². The fourth-order valence-electron chi connectivity index (χ4n) is 2.41. The van der Waals surface area contributed by atoms with Crippen LogP contribution in [0.2, 0.25) is 0 Å². The highest BCUT2D eigenvalue weighted by molar-refractivity contribution is 7.89. The maximum Gasteiger partial charge on any atom is 0.306 e. The number of rotatable bonds is 11. The Morgan fingerprint density at radius 1 is 1.03 bits per heavy atom. The summed E-state index contributed by atoms with van der Waals surface area (Å²) in [6.45, 7) is 2.18. The van der Waals surface area contributed by atoms with Crippen LogP contribution >= 0.6 is 0 Å². The molecule has 30 heavy (non-hydrogen) atoms. The van der Waals surface area contributed by atoms with Crippen molar-refractivity contribution in [3.8, 4) is 11.5 Å². The van der Waals surface area contributed by atoms with Gasteiger partial charge in [0.05, 0.1) is 18.1 Å². The average Bonchev–Trinajstić information content (AvgIpc) is 2.70. The van der Waals surface area contributed by atoms with Gasteiger partial charge in [-0.05, 0) is 43.7 Å². The van der Waals surface area contributed by atoms with Crippen LogP contribution in [0.4, 0.5) is 5.69 Å². The van der Waals surface area contributed by atoms with Gasteiger partial charge in [0.2, 0.25) is 10.0 Å². The SMILES string of the molecule is CCOc1ccccc1OCCCC(=O)OCC(=O)Nc1cccc(S(N)(=O)=O)c1. The smallest absolute Gasteiger partial charge is 0.306 e. The maximum absolute atomic E-state index is 11.9. The second-order valence-electron chi connectivity index (χ2n) is 6.11. The zero-order valence-electron chi connectivity index (χ0n) is 16.5. The molecular weight excluding hydrogens is 412 g/mol. The summed E-state index contributed by atoms with van der Waals surface area (Å²) in [6, 6.07) is 12.7. The summed E-state index contributed by atoms with van der Waals surface area (Å²) in [4.78, 5) is 23.5. The molecule has 1 amide bonds. The van der Waals surface area contributed by atoms with E-state index in [-0.39, 0.29) is 23.6 Å². The maximum atomic E-state index is 11.9. The van der Waals surface area contributed by atoms with Crippen molar-refractivity contribution in [3.05, 3.63) is 48.5 Å². The van der Waals surface area contributed by atoms with E-state index in [4.69, 9.17) is 19.3 Å². The van der Waals surface area contributed by atoms with Gasteiger partial charge in [0, 0.05) is 12.1 Å². The number of hydrogen-bond donors (Lipinski definition) is 2. The van der Waals surface area contributed by atoms with Crippen LogP contribution in [0.1, 0.15) is 19.8 Å². The van der Waals surface area contributed by atoms with Gasteiger partial charge in [-0.15, -0.1) is 0 Å². The summed E-state index contributed by atoms with van der Waals surface area (Å²) in [5.41, 5.74) is 0.226. The number of primary sulfonamides is 1. The first-order chi connectivity index (χ1) is 14.3. The molecule has 0 saturated heterocycles. The topological polar surface area (TPSA) is 134 Å². The number of sulfonamides is 1. The quantitative estimate of drug-likeness (QED) is 0.407. The lowest BCUT2D eigenvalue weighted by molar-refractivity contribution is -0.147. The van der Waals surface area contributed by atoms with E-state index < -0.39 is 28.5 Å². The average molecular weight is 436 g/mol. The van der Waals surface area contributed by atoms with E-state index >= 15 is 0 Å². The third-order valence-electron chi connectivity index (χ3n) is 3.74. The van der Waals surface area contributed by atoms with Crippen LogP contribution in [0.25, 0.3) is 0 Å². The number of ether oxygens (including phenoxy) is 3. The molecule has 2 aromatic rings. The number of hydrogen-bond acceptors (Lipinski definition) is 7. The Labute approximate surface area is 175 Å². The first kappa shape index (κ1) is 23.2. The molecule has 0 fully saturated rings. The van der Waals surface area contributed by atoms with Crippen molar-refractivity contribution in [1.82, 2.24) is 0 Å². The molecule has 0 unspecified atom stereocenters. The lowest BCUT2D eigenvalue weighted by Gasteiger charge is -2.11. The first-order valence-corrected chi connectivity index (χ1v) is 10.8. The minimum atomic E-state index is -3.88. The molecule has 10 heteroatoms. The molecule has 0 heterocycles. The molecule has 0 atom stereocenters. The Morgan fingerprint density at radius 3 is 2.40 bits per heavy atom. The number of esters is 1. The highest BCUT2D eigenvalue weighted by Crippen LogP contribution is 2.26. The molecule has 0 aliphatic rings. The Morgan fingerprint density at radius 2 is 1.73 bits per heavy atom. The zero-order chi connectivity index (χ0) is 22.0. The Bertz CT molecular complexity index is 977. The minimum Gasteiger partial charge on any atom is -0.490 e. The predicted molar refractivity (Wildman–Crippen MR) is 110 cm³/mol. The number of nitrogens with two attached hydrogens (primary N) is 1. The van der Waals surface area contributed by atoms with E-state index in [1.54, 1.807) is 12.1 Å². The van der Waals surface area contributed by atoms with Gasteiger partial charge in [-0.3, -0.25) is 9.59 Å². The van der Waals surface area contributed by atoms with Crippen molar-refractivity contribution in [2.24, 2.45) is 5.14 Å². The third kappa shape index (κ3) is 7.72. The number of para-hydroxylation sites is 2. The van der Waals surface area contributed by atoms with E-state index in [9.17, 15) is 18.0 Å². The van der Waals surface area contributed by atoms with Gasteiger partial charge in [-0.1, -0.05) is 18.2 Å². The molecule has 162 valence electrons. The van der Waals surface area contributed by atoms with Gasteiger partial charge in [0.15, 0.2) is 18.1 Å². The number of nitrogens with one attached hydrogen (secondary N) is 1. The van der Waals surface area contributed by atoms with Crippen molar-refractivity contribution < 1.29 is 32.2 Å². The van der Waals surface area contributed by atoms with E-state index in [0.717, 1.165) is 0 Å². The van der Waals surface area contributed by atoms with Crippen molar-refractivity contribution in [3.63, 3.8) is 0 Å². The van der Waals surface area contributed by atoms with E-state index in [1.165, 1.54) is 24.3 Å². The third-order valence-corrected chi connectivity index (χ3v) is 4.65. The van der Waals surface area contributed by atoms with Gasteiger partial charge in [0.1, 0.15) is 0 Å². The molecule has 0 radical (unpaired) electrons. The molecule has 9 nitrogen and oxygen atoms in total. The molecule has 2 aromatic carbocycles. The summed E-state index contributed by atoms with van der Waals surface area (Å²) in [7, 11) is -3.88. The summed E-state index contributed by atoms with van der Waals surface area (Å²) >= 11 is 0. The predicted octanol–water partition coefficient (Wildman–Crippen LogP) is 2.07. The number of amides is 1. The van der Waals surface area contributed by atoms with Crippen molar-refractivity contribution in [2.45, 2.75) is 24.7 Å². The molecule has 0 spiro atoms. The first-order valence-electron chi connectivity index (χ1n) is 9.22. The molecule has 0 aliphatic heterocycles. The number of carbonyl (C=O) groups is 2. The van der Waals surface area contributed by atoms with Gasteiger partial charge in [0.25, 0.3) is 5.91 Å². The minimum absolute atomic E-state index is 0.0744. The number of carbonyl (C=O) groups excluding carboxylic acids is 2. The lowest BCUT2D eigenvalue weighted by Crippen LogP contribution is -2.21. The van der Waals surface area contributed by atoms with Crippen LogP contribution in [0.5, 0.6) is 11.5 Å². The molecule has 0 aliphatic carbocycles. The normalized spacial score (nSPS) is 10.9. The highest BCUT2D eigenvalue weighted by atomic mass is 32.2. The second kappa shape index (κ2) is 11.2. The molecule has 0 aromatic heterocycles. The Kier molecular flexibility index (Phi) is 8.63. The standard InChI is InChI=1S/C20H24N2O7S/c1-2-27-17-9-3-4-10-18(17)28-12-6-11-20(24)29-14-19(23)22-15-7-5-8-16(13-15)30(21,25)26/h3-5,7-10,13H,2,6,11-12,14H2,1H3,(H,22,23)(H2,21,25,26). The molecular formula is C20H24N2O7S. The summed E-state index contributed by atoms with van der Waals surface area (Å²) in [5, 5.41) is 7.49. The van der Waals surface area contributed by atoms with Gasteiger partial charge >= 0.3 is 5.97 Å². The van der Waals surface area contributed by atoms with E-state index in [2.05, 4.69) is 5.32 Å². The zero-order valence-corrected chi connectivity index (χ0v) is 17.3. The molecule has 0 saturated carbocycles. The summed E-state index contributed by atoms with van der Waals surface area (Å²) in [5.74, 6) is 0.0708. The van der Waals surface area contributed by atoms with Crippen molar-refractivity contribution >= 4 is 27.6 Å². The molecule has 2 rings (SSSR count). The lowest BCUT2D eigenvalue weighted by atomic mass is 10.3. The number of anilines is 1. The van der Waals surface area contributed by atoms with Gasteiger partial charge in [-0.25, -0.2) is 13.6 Å². The van der Waals surface area contributed by atoms with Crippen molar-refractivity contribution in [1.29, 1.82) is 0 Å². The second-order valence-corrected chi connectivity index (χ2v) is 7.67. The van der Waals surface area contributed by atoms with E-state index in [0.29, 0.717) is 24.5 Å². The summed E-state index contributed by atoms with van der Waals surface area (Å²) in [6.07, 6.45) is 0.475. The fraction of sp³-hybridized carbons (Fsp3) is 0.300. The van der Waals surface area contributed by atoms with Gasteiger partial charge in [-0.2, -0.15) is 0 Å². The van der Waals surface area contributed by atoms with Crippen LogP contribution in [0.3, 0.4) is 0 Å². The largest absolute Gasteiger partial charge is 0.490 e. The van der Waals surface area contributed by atoms with Crippen LogP contribution in [0.15, 0.2) is 53.4 Å². The van der Waals surface area contributed by atoms with Crippen LogP contribution in [-0.2, 0) is 24.3 Å². The van der Waals surface area contributed by atoms with Crippen LogP contribution < -0.4 is 19.9 Å². The Hall–Kier alpha value is -3.11. The van der Waals surface area contributed by atoms with Crippen LogP contribution in [0, 0.1) is 0 Å². The molecule has 0 bridgehead atoms.